The minimum absolute atomic E-state index is 0.152. The Hall–Kier alpha value is -3.15. The van der Waals surface area contributed by atoms with Gasteiger partial charge < -0.3 is 14.5 Å². The largest absolute Gasteiger partial charge is 0.497 e. The summed E-state index contributed by atoms with van der Waals surface area (Å²) in [5, 5.41) is 10.8. The van der Waals surface area contributed by atoms with Gasteiger partial charge in [-0.3, -0.25) is 4.79 Å². The Morgan fingerprint density at radius 2 is 1.83 bits per heavy atom. The van der Waals surface area contributed by atoms with Gasteiger partial charge >= 0.3 is 0 Å². The third-order valence-electron chi connectivity index (χ3n) is 3.46. The van der Waals surface area contributed by atoms with Crippen LogP contribution in [0.2, 0.25) is 0 Å². The summed E-state index contributed by atoms with van der Waals surface area (Å²) in [4.78, 5) is 12.0. The molecule has 0 fully saturated rings. The van der Waals surface area contributed by atoms with E-state index < -0.39 is 0 Å². The molecule has 0 aliphatic carbocycles. The van der Waals surface area contributed by atoms with Crippen molar-refractivity contribution in [2.75, 3.05) is 13.7 Å². The van der Waals surface area contributed by atoms with E-state index in [0.717, 1.165) is 5.56 Å². The maximum Gasteiger partial charge on any atom is 0.251 e. The quantitative estimate of drug-likeness (QED) is 0.755. The molecule has 0 aliphatic rings. The predicted octanol–water partition coefficient (Wildman–Crippen LogP) is 2.72. The molecule has 0 atom stereocenters. The minimum atomic E-state index is -0.152. The van der Waals surface area contributed by atoms with Crippen LogP contribution < -0.4 is 10.1 Å². The fourth-order valence-corrected chi connectivity index (χ4v) is 2.18. The lowest BCUT2D eigenvalue weighted by atomic mass is 10.2. The Morgan fingerprint density at radius 1 is 1.08 bits per heavy atom. The zero-order valence-electron chi connectivity index (χ0n) is 13.2. The minimum Gasteiger partial charge on any atom is -0.497 e. The molecular weight excluding hydrogens is 306 g/mol. The number of carbonyl (C=O) groups is 1. The van der Waals surface area contributed by atoms with Crippen molar-refractivity contribution in [2.45, 2.75) is 6.42 Å². The maximum absolute atomic E-state index is 12.0. The third-order valence-corrected chi connectivity index (χ3v) is 3.46. The number of hydrogen-bond acceptors (Lipinski definition) is 5. The van der Waals surface area contributed by atoms with Crippen molar-refractivity contribution in [3.63, 3.8) is 0 Å². The molecule has 3 rings (SSSR count). The highest BCUT2D eigenvalue weighted by Gasteiger charge is 2.09. The van der Waals surface area contributed by atoms with Crippen LogP contribution in [0.25, 0.3) is 11.5 Å². The van der Waals surface area contributed by atoms with Gasteiger partial charge in [-0.05, 0) is 36.4 Å². The van der Waals surface area contributed by atoms with E-state index in [1.165, 1.54) is 0 Å². The molecule has 24 heavy (non-hydrogen) atoms. The zero-order valence-corrected chi connectivity index (χ0v) is 13.2. The van der Waals surface area contributed by atoms with Crippen LogP contribution in [0, 0.1) is 0 Å². The molecular formula is C18H17N3O3. The van der Waals surface area contributed by atoms with Crippen molar-refractivity contribution >= 4 is 5.91 Å². The predicted molar refractivity (Wildman–Crippen MR) is 88.8 cm³/mol. The molecule has 1 heterocycles. The van der Waals surface area contributed by atoms with Crippen molar-refractivity contribution in [2.24, 2.45) is 0 Å². The number of benzene rings is 2. The standard InChI is InChI=1S/C18H17N3O3/c1-23-15-9-7-13(8-10-15)17(22)19-12-11-16-20-21-18(24-16)14-5-3-2-4-6-14/h2-10H,11-12H2,1H3,(H,19,22). The molecule has 6 nitrogen and oxygen atoms in total. The number of hydrogen-bond donors (Lipinski definition) is 1. The van der Waals surface area contributed by atoms with Gasteiger partial charge in [-0.15, -0.1) is 10.2 Å². The second-order valence-electron chi connectivity index (χ2n) is 5.10. The Kier molecular flexibility index (Phi) is 4.86. The number of nitrogens with one attached hydrogen (secondary N) is 1. The van der Waals surface area contributed by atoms with E-state index in [-0.39, 0.29) is 5.91 Å². The number of methoxy groups -OCH3 is 1. The van der Waals surface area contributed by atoms with Crippen molar-refractivity contribution < 1.29 is 13.9 Å². The molecule has 0 unspecified atom stereocenters. The van der Waals surface area contributed by atoms with Gasteiger partial charge in [-0.2, -0.15) is 0 Å². The highest BCUT2D eigenvalue weighted by molar-refractivity contribution is 5.94. The molecule has 1 aromatic heterocycles. The summed E-state index contributed by atoms with van der Waals surface area (Å²) in [6.45, 7) is 0.418. The highest BCUT2D eigenvalue weighted by atomic mass is 16.5. The summed E-state index contributed by atoms with van der Waals surface area (Å²) < 4.78 is 10.7. The van der Waals surface area contributed by atoms with Crippen LogP contribution in [-0.4, -0.2) is 29.8 Å². The zero-order chi connectivity index (χ0) is 16.8. The normalized spacial score (nSPS) is 10.4. The van der Waals surface area contributed by atoms with E-state index in [4.69, 9.17) is 9.15 Å². The molecule has 3 aromatic rings. The monoisotopic (exact) mass is 323 g/mol. The molecule has 0 saturated heterocycles. The third kappa shape index (κ3) is 3.78. The first-order valence-electron chi connectivity index (χ1n) is 7.56. The summed E-state index contributed by atoms with van der Waals surface area (Å²) in [5.74, 6) is 1.53. The maximum atomic E-state index is 12.0. The van der Waals surface area contributed by atoms with Gasteiger partial charge in [0.25, 0.3) is 5.91 Å². The Labute approximate surface area is 139 Å². The van der Waals surface area contributed by atoms with Gasteiger partial charge in [0, 0.05) is 24.1 Å². The lowest BCUT2D eigenvalue weighted by Crippen LogP contribution is -2.25. The molecule has 1 amide bonds. The number of rotatable bonds is 6. The summed E-state index contributed by atoms with van der Waals surface area (Å²) in [6, 6.07) is 16.5. The fraction of sp³-hybridized carbons (Fsp3) is 0.167. The number of carbonyl (C=O) groups excluding carboxylic acids is 1. The Balaban J connectivity index is 1.53. The van der Waals surface area contributed by atoms with Crippen LogP contribution in [0.3, 0.4) is 0 Å². The number of aromatic nitrogens is 2. The highest BCUT2D eigenvalue weighted by Crippen LogP contribution is 2.17. The van der Waals surface area contributed by atoms with E-state index in [1.54, 1.807) is 31.4 Å². The van der Waals surface area contributed by atoms with Gasteiger partial charge in [0.05, 0.1) is 7.11 Å². The van der Waals surface area contributed by atoms with Gasteiger partial charge in [0.15, 0.2) is 0 Å². The van der Waals surface area contributed by atoms with Crippen LogP contribution in [0.5, 0.6) is 5.75 Å². The smallest absolute Gasteiger partial charge is 0.251 e. The lowest BCUT2D eigenvalue weighted by molar-refractivity contribution is 0.0953. The Bertz CT molecular complexity index is 798. The van der Waals surface area contributed by atoms with E-state index in [1.807, 2.05) is 30.3 Å². The fourth-order valence-electron chi connectivity index (χ4n) is 2.18. The molecule has 6 heteroatoms. The van der Waals surface area contributed by atoms with E-state index in [2.05, 4.69) is 15.5 Å². The van der Waals surface area contributed by atoms with E-state index in [9.17, 15) is 4.79 Å². The van der Waals surface area contributed by atoms with Crippen LogP contribution >= 0.6 is 0 Å². The molecule has 1 N–H and O–H groups in total. The number of ether oxygens (including phenoxy) is 1. The molecule has 122 valence electrons. The summed E-state index contributed by atoms with van der Waals surface area (Å²) in [7, 11) is 1.59. The molecule has 0 saturated carbocycles. The van der Waals surface area contributed by atoms with Crippen LogP contribution in [0.4, 0.5) is 0 Å². The number of nitrogens with zero attached hydrogens (tertiary/aromatic N) is 2. The van der Waals surface area contributed by atoms with Crippen LogP contribution in [0.15, 0.2) is 59.0 Å². The van der Waals surface area contributed by atoms with Crippen LogP contribution in [-0.2, 0) is 6.42 Å². The first kappa shape index (κ1) is 15.7. The summed E-state index contributed by atoms with van der Waals surface area (Å²) in [6.07, 6.45) is 0.474. The van der Waals surface area contributed by atoms with E-state index >= 15 is 0 Å². The molecule has 0 radical (unpaired) electrons. The Morgan fingerprint density at radius 3 is 2.54 bits per heavy atom. The second-order valence-corrected chi connectivity index (χ2v) is 5.10. The number of amides is 1. The molecule has 2 aromatic carbocycles. The van der Waals surface area contributed by atoms with Crippen LogP contribution in [0.1, 0.15) is 16.2 Å². The SMILES string of the molecule is COc1ccc(C(=O)NCCc2nnc(-c3ccccc3)o2)cc1. The van der Waals surface area contributed by atoms with Crippen molar-refractivity contribution in [3.05, 3.63) is 66.1 Å². The van der Waals surface area contributed by atoms with Gasteiger partial charge in [0.2, 0.25) is 11.8 Å². The van der Waals surface area contributed by atoms with Crippen molar-refractivity contribution in [1.82, 2.24) is 15.5 Å². The topological polar surface area (TPSA) is 77.2 Å². The average Bonchev–Trinajstić information content (AvgIpc) is 3.11. The molecule has 0 aliphatic heterocycles. The first-order valence-corrected chi connectivity index (χ1v) is 7.56. The average molecular weight is 323 g/mol. The van der Waals surface area contributed by atoms with Gasteiger partial charge in [-0.1, -0.05) is 18.2 Å². The summed E-state index contributed by atoms with van der Waals surface area (Å²) >= 11 is 0. The summed E-state index contributed by atoms with van der Waals surface area (Å²) in [5.41, 5.74) is 1.45. The molecule has 0 spiro atoms. The van der Waals surface area contributed by atoms with Crippen molar-refractivity contribution in [1.29, 1.82) is 0 Å². The molecule has 0 bridgehead atoms. The second kappa shape index (κ2) is 7.41. The van der Waals surface area contributed by atoms with E-state index in [0.29, 0.717) is 36.1 Å². The first-order chi connectivity index (χ1) is 11.8. The van der Waals surface area contributed by atoms with Crippen molar-refractivity contribution in [3.8, 4) is 17.2 Å². The van der Waals surface area contributed by atoms with Gasteiger partial charge in [0.1, 0.15) is 5.75 Å². The lowest BCUT2D eigenvalue weighted by Gasteiger charge is -2.04. The van der Waals surface area contributed by atoms with Gasteiger partial charge in [-0.25, -0.2) is 0 Å².